The molecular formula is C10H34O16P2S3. The van der Waals surface area contributed by atoms with E-state index in [1.165, 1.54) is 0 Å². The maximum absolute atomic E-state index is 9.47. The molecule has 0 saturated heterocycles. The maximum atomic E-state index is 9.47. The highest BCUT2D eigenvalue weighted by Crippen LogP contribution is 2.33. The van der Waals surface area contributed by atoms with Crippen molar-refractivity contribution in [1.82, 2.24) is 0 Å². The molecule has 0 bridgehead atoms. The Kier molecular flexibility index (Phi) is 29.4. The van der Waals surface area contributed by atoms with Crippen molar-refractivity contribution < 1.29 is 73.3 Å². The van der Waals surface area contributed by atoms with Crippen molar-refractivity contribution in [3.63, 3.8) is 0 Å². The first-order valence-corrected chi connectivity index (χ1v) is 16.8. The van der Waals surface area contributed by atoms with Crippen LogP contribution in [0.1, 0.15) is 6.92 Å². The predicted octanol–water partition coefficient (Wildman–Crippen LogP) is -0.140. The Hall–Kier alpha value is -0.140. The topological polar surface area (TPSA) is 280 Å². The van der Waals surface area contributed by atoms with Crippen molar-refractivity contribution in [2.75, 3.05) is 52.2 Å². The smallest absolute Gasteiger partial charge is 0.469 e. The average molecular weight is 569 g/mol. The molecule has 0 aromatic heterocycles. The molecule has 0 radical (unpaired) electrons. The molecule has 198 valence electrons. The molecule has 7 N–H and O–H groups in total. The van der Waals surface area contributed by atoms with Gasteiger partial charge in [-0.2, -0.15) is 16.8 Å². The number of phosphoric acid groups is 1. The van der Waals surface area contributed by atoms with Crippen molar-refractivity contribution >= 4 is 51.9 Å². The molecule has 0 aliphatic rings. The number of hydrogen-bond donors (Lipinski definition) is 7. The number of carboxylic acid groups (broad SMARTS) is 1. The van der Waals surface area contributed by atoms with E-state index in [0.717, 1.165) is 27.8 Å². The Balaban J connectivity index is -0.0000000608. The maximum Gasteiger partial charge on any atom is 0.469 e. The largest absolute Gasteiger partial charge is 0.481 e. The lowest BCUT2D eigenvalue weighted by Gasteiger charge is -2.15. The van der Waals surface area contributed by atoms with Gasteiger partial charge in [0.25, 0.3) is 16.1 Å². The van der Waals surface area contributed by atoms with Crippen LogP contribution in [0.4, 0.5) is 0 Å². The lowest BCUT2D eigenvalue weighted by Crippen LogP contribution is -1.96. The van der Waals surface area contributed by atoms with Crippen LogP contribution in [-0.4, -0.2) is 109 Å². The van der Waals surface area contributed by atoms with Crippen LogP contribution in [0.15, 0.2) is 0 Å². The molecule has 0 spiro atoms. The highest BCUT2D eigenvalue weighted by atomic mass is 32.3. The fourth-order valence-corrected chi connectivity index (χ4v) is 0. The van der Waals surface area contributed by atoms with Crippen molar-refractivity contribution in [1.29, 1.82) is 0 Å². The highest BCUT2D eigenvalue weighted by molar-refractivity contribution is 8.31. The Labute approximate surface area is 184 Å². The Morgan fingerprint density at radius 1 is 0.806 bits per heavy atom. The number of phosphoric ester groups is 1. The van der Waals surface area contributed by atoms with E-state index in [1.54, 1.807) is 0 Å². The highest BCUT2D eigenvalue weighted by Gasteiger charge is 2.07. The van der Waals surface area contributed by atoms with Crippen molar-refractivity contribution in [3.05, 3.63) is 0 Å². The van der Waals surface area contributed by atoms with Crippen LogP contribution >= 0.6 is 25.4 Å². The minimum absolute atomic E-state index is 0.167. The summed E-state index contributed by atoms with van der Waals surface area (Å²) in [5, 5.41) is 7.42. The van der Waals surface area contributed by atoms with Gasteiger partial charge < -0.3 is 24.7 Å². The third-order valence-corrected chi connectivity index (χ3v) is 1.35. The van der Waals surface area contributed by atoms with Crippen LogP contribution in [0.2, 0.25) is 0 Å². The lowest BCUT2D eigenvalue weighted by atomic mass is 10.9. The van der Waals surface area contributed by atoms with E-state index >= 15 is 0 Å². The van der Waals surface area contributed by atoms with E-state index in [4.69, 9.17) is 38.6 Å². The molecule has 0 fully saturated rings. The molecule has 0 aromatic rings. The lowest BCUT2D eigenvalue weighted by molar-refractivity contribution is -0.134. The molecule has 0 aliphatic carbocycles. The second kappa shape index (κ2) is 20.5. The standard InChI is InChI=1S/C4H12S.C2H4O2.CH5O4P.CH4O4S.CH5O3P.CH4O3S/c1-5(2,3)4;1-2(3)4;2*1-5-6(2,3)4;2*1-5(2,3)4/h1-4H3;1H3,(H,3,4);1H3,(H2,2,3,4);1H3,(H,2,3,4);1H3,(H2,2,3,4);1H3,(H,2,3,4). The molecule has 0 amide bonds. The molecule has 0 aliphatic heterocycles. The second-order valence-corrected chi connectivity index (χ2v) is 16.4. The molecule has 0 saturated carbocycles. The Morgan fingerprint density at radius 2 is 0.871 bits per heavy atom. The summed E-state index contributed by atoms with van der Waals surface area (Å²) in [5.74, 6) is -0.833. The average Bonchev–Trinajstić information content (AvgIpc) is 2.30. The Morgan fingerprint density at radius 3 is 0.871 bits per heavy atom. The minimum atomic E-state index is -4.16. The van der Waals surface area contributed by atoms with E-state index in [2.05, 4.69) is 33.7 Å². The molecule has 0 heterocycles. The van der Waals surface area contributed by atoms with Gasteiger partial charge in [-0.3, -0.25) is 37.2 Å². The van der Waals surface area contributed by atoms with Gasteiger partial charge in [0.15, 0.2) is 0 Å². The monoisotopic (exact) mass is 568 g/mol. The zero-order valence-corrected chi connectivity index (χ0v) is 22.7. The summed E-state index contributed by atoms with van der Waals surface area (Å²) < 4.78 is 78.0. The van der Waals surface area contributed by atoms with Gasteiger partial charge in [-0.25, -0.2) is 4.57 Å². The molecule has 0 aromatic carbocycles. The molecule has 21 heteroatoms. The van der Waals surface area contributed by atoms with Crippen LogP contribution in [0.25, 0.3) is 0 Å². The summed E-state index contributed by atoms with van der Waals surface area (Å²) in [6.45, 7) is 1.94. The molecule has 0 unspecified atom stereocenters. The van der Waals surface area contributed by atoms with Crippen LogP contribution in [-0.2, 0) is 43.1 Å². The van der Waals surface area contributed by atoms with Crippen LogP contribution < -0.4 is 0 Å². The molecular weight excluding hydrogens is 534 g/mol. The summed E-state index contributed by atoms with van der Waals surface area (Å²) in [6, 6.07) is 0. The van der Waals surface area contributed by atoms with E-state index in [0.29, 0.717) is 6.26 Å². The fourth-order valence-electron chi connectivity index (χ4n) is 0. The summed E-state index contributed by atoms with van der Waals surface area (Å²) >= 11 is 0. The third-order valence-electron chi connectivity index (χ3n) is 0.448. The van der Waals surface area contributed by atoms with Crippen molar-refractivity contribution in [3.8, 4) is 0 Å². The number of rotatable bonds is 2. The summed E-state index contributed by atoms with van der Waals surface area (Å²) in [7, 11) is -14.0. The molecule has 0 rings (SSSR count). The summed E-state index contributed by atoms with van der Waals surface area (Å²) in [4.78, 5) is 39.7. The summed E-state index contributed by atoms with van der Waals surface area (Å²) in [5.41, 5.74) is 0. The van der Waals surface area contributed by atoms with Crippen molar-refractivity contribution in [2.24, 2.45) is 0 Å². The molecule has 0 atom stereocenters. The van der Waals surface area contributed by atoms with E-state index in [9.17, 15) is 26.0 Å². The SMILES string of the molecule is CC(=O)O.COP(=O)(O)O.COS(=O)(=O)O.CP(=O)(O)O.CS(=O)(=O)O.CS(C)(C)C. The predicted molar refractivity (Wildman–Crippen MR) is 118 cm³/mol. The van der Waals surface area contributed by atoms with Gasteiger partial charge in [-0.1, -0.05) is 0 Å². The van der Waals surface area contributed by atoms with E-state index in [-0.39, 0.29) is 10.0 Å². The second-order valence-electron chi connectivity index (χ2n) is 5.80. The normalized spacial score (nSPS) is 11.6. The van der Waals surface area contributed by atoms with Gasteiger partial charge in [0.1, 0.15) is 0 Å². The van der Waals surface area contributed by atoms with Crippen LogP contribution in [0, 0.1) is 0 Å². The molecule has 16 nitrogen and oxygen atoms in total. The molecule has 31 heavy (non-hydrogen) atoms. The quantitative estimate of drug-likeness (QED) is 0.168. The van der Waals surface area contributed by atoms with Gasteiger partial charge in [0.05, 0.1) is 13.4 Å². The van der Waals surface area contributed by atoms with Gasteiger partial charge in [-0.05, 0) is 25.0 Å². The van der Waals surface area contributed by atoms with Crippen LogP contribution in [0.5, 0.6) is 0 Å². The van der Waals surface area contributed by atoms with E-state index < -0.39 is 41.9 Å². The van der Waals surface area contributed by atoms with Crippen LogP contribution in [0.3, 0.4) is 0 Å². The third kappa shape index (κ3) is 675. The zero-order valence-electron chi connectivity index (χ0n) is 18.4. The first-order chi connectivity index (χ1) is 12.9. The Bertz CT molecular complexity index is 702. The summed E-state index contributed by atoms with van der Waals surface area (Å²) in [6.07, 6.45) is 9.80. The van der Waals surface area contributed by atoms with Gasteiger partial charge in [0, 0.05) is 20.7 Å². The number of aliphatic carboxylic acids is 1. The number of carboxylic acids is 1. The fraction of sp³-hybridized carbons (Fsp3) is 0.900. The van der Waals surface area contributed by atoms with Crippen molar-refractivity contribution in [2.45, 2.75) is 6.92 Å². The first kappa shape index (κ1) is 44.5. The van der Waals surface area contributed by atoms with Gasteiger partial charge in [0.2, 0.25) is 0 Å². The van der Waals surface area contributed by atoms with Gasteiger partial charge in [-0.15, -0.1) is 0 Å². The number of hydrogen-bond acceptors (Lipinski definition) is 9. The van der Waals surface area contributed by atoms with E-state index in [1.807, 2.05) is 0 Å². The zero-order chi connectivity index (χ0) is 27.5. The van der Waals surface area contributed by atoms with Gasteiger partial charge >= 0.3 is 25.8 Å². The first-order valence-electron chi connectivity index (χ1n) is 6.78. The number of carbonyl (C=O) groups is 1. The minimum Gasteiger partial charge on any atom is -0.481 e.